The third kappa shape index (κ3) is 11.1. The van der Waals surface area contributed by atoms with Crippen molar-refractivity contribution in [1.82, 2.24) is 9.13 Å². The van der Waals surface area contributed by atoms with Crippen molar-refractivity contribution in [3.63, 3.8) is 0 Å². The van der Waals surface area contributed by atoms with Crippen LogP contribution in [0.15, 0.2) is 0 Å². The van der Waals surface area contributed by atoms with E-state index in [4.69, 9.17) is 0 Å². The van der Waals surface area contributed by atoms with E-state index < -0.39 is 0 Å². The van der Waals surface area contributed by atoms with Gasteiger partial charge in [0.25, 0.3) is 0 Å². The summed E-state index contributed by atoms with van der Waals surface area (Å²) in [5.74, 6) is 0. The van der Waals surface area contributed by atoms with Crippen LogP contribution in [-0.2, 0) is 39.3 Å². The Morgan fingerprint density at radius 3 is 0.919 bits per heavy atom. The molecule has 0 aliphatic heterocycles. The zero-order valence-electron chi connectivity index (χ0n) is 27.6. The van der Waals surface area contributed by atoms with Gasteiger partial charge < -0.3 is 0 Å². The molecule has 200 valence electrons. The van der Waals surface area contributed by atoms with Crippen molar-refractivity contribution in [3.05, 3.63) is 45.0 Å². The number of quaternary nitrogens is 4. The van der Waals surface area contributed by atoms with E-state index in [0.717, 1.165) is 24.1 Å². The summed E-state index contributed by atoms with van der Waals surface area (Å²) in [4.78, 5) is 0. The molecular formula is C28H56N6Ra3+4. The first-order chi connectivity index (χ1) is 16.5. The fourth-order valence-electron chi connectivity index (χ4n) is 5.82. The van der Waals surface area contributed by atoms with Crippen molar-refractivity contribution in [2.45, 2.75) is 73.4 Å². The zero-order chi connectivity index (χ0) is 28.7. The van der Waals surface area contributed by atoms with E-state index in [1.54, 1.807) is 22.3 Å². The Morgan fingerprint density at radius 2 is 0.703 bits per heavy atom. The molecule has 6 nitrogen and oxygen atoms in total. The molecule has 0 aromatic carbocycles. The monoisotopic (exact) mass is 1150 g/mol. The summed E-state index contributed by atoms with van der Waals surface area (Å²) >= 11 is 1.25. The summed E-state index contributed by atoms with van der Waals surface area (Å²) < 4.78 is 9.94. The van der Waals surface area contributed by atoms with Gasteiger partial charge in [-0.2, -0.15) is 0 Å². The van der Waals surface area contributed by atoms with Gasteiger partial charge in [-0.05, 0) is 0 Å². The van der Waals surface area contributed by atoms with Crippen LogP contribution in [0.3, 0.4) is 0 Å². The SMILES string of the molecule is Cc1c(C[N+](C)(C)C)c(C[N+](C)(C)[RaH])c(C)n1CCCn1c(C)c(C[N+](C)(C)[RaH])c(C[N+](C)(C)[RaH])c1C. The molecule has 0 bridgehead atoms. The molecule has 2 heterocycles. The number of nitrogens with zero attached hydrogens (tertiary/aromatic N) is 6. The number of aromatic nitrogens is 2. The van der Waals surface area contributed by atoms with Crippen molar-refractivity contribution in [2.75, 3.05) is 63.4 Å². The Labute approximate surface area is 319 Å². The fraction of sp³-hybridized carbons (Fsp3) is 0.714. The first-order valence-electron chi connectivity index (χ1n) is 14.1. The molecule has 0 spiro atoms. The minimum atomic E-state index is 0.408. The summed E-state index contributed by atoms with van der Waals surface area (Å²) in [7, 11) is 21.5. The summed E-state index contributed by atoms with van der Waals surface area (Å²) in [6.07, 6.45) is 1.19. The molecule has 0 radical (unpaired) electrons. The Kier molecular flexibility index (Phi) is 13.3. The number of rotatable bonds is 12. The zero-order valence-corrected chi connectivity index (χ0v) is 52.3. The summed E-state index contributed by atoms with van der Waals surface area (Å²) in [5.41, 5.74) is 12.6. The maximum absolute atomic E-state index is 2.68. The second-order valence-electron chi connectivity index (χ2n) is 15.7. The van der Waals surface area contributed by atoms with Gasteiger partial charge in [-0.3, -0.25) is 0 Å². The molecule has 0 N–H and O–H groups in total. The van der Waals surface area contributed by atoms with E-state index in [2.05, 4.69) is 100 Å². The molecule has 0 fully saturated rings. The molecule has 0 aliphatic carbocycles. The Morgan fingerprint density at radius 1 is 0.459 bits per heavy atom. The van der Waals surface area contributed by atoms with Crippen molar-refractivity contribution in [2.24, 2.45) is 0 Å². The minimum absolute atomic E-state index is 0.408. The van der Waals surface area contributed by atoms with Gasteiger partial charge in [0.15, 0.2) is 0 Å². The van der Waals surface area contributed by atoms with Crippen LogP contribution in [-0.4, -0.2) is 77.1 Å². The fourth-order valence-corrected chi connectivity index (χ4v) is 9.72. The average molecular weight is 1150 g/mol. The topological polar surface area (TPSA) is 9.86 Å². The van der Waals surface area contributed by atoms with E-state index in [-0.39, 0.29) is 0 Å². The second kappa shape index (κ2) is 13.6. The van der Waals surface area contributed by atoms with Crippen LogP contribution in [0.2, 0.25) is 0 Å². The van der Waals surface area contributed by atoms with Gasteiger partial charge in [-0.1, -0.05) is 0 Å². The molecule has 0 atom stereocenters. The van der Waals surface area contributed by atoms with E-state index in [0.29, 0.717) is 130 Å². The van der Waals surface area contributed by atoms with Gasteiger partial charge in [-0.15, -0.1) is 0 Å². The van der Waals surface area contributed by atoms with E-state index in [1.807, 2.05) is 0 Å². The third-order valence-electron chi connectivity index (χ3n) is 7.39. The molecule has 0 unspecified atom stereocenters. The maximum atomic E-state index is 2.68. The van der Waals surface area contributed by atoms with Gasteiger partial charge in [0.1, 0.15) is 0 Å². The van der Waals surface area contributed by atoms with Gasteiger partial charge in [0.05, 0.1) is 0 Å². The van der Waals surface area contributed by atoms with Crippen molar-refractivity contribution in [1.29, 1.82) is 0 Å². The molecule has 0 aliphatic rings. The predicted octanol–water partition coefficient (Wildman–Crippen LogP) is 3.14. The Bertz CT molecular complexity index is 921. The summed E-state index contributed by atoms with van der Waals surface area (Å²) in [6, 6.07) is 0. The first kappa shape index (κ1) is 36.0. The molecule has 2 rings (SSSR count). The van der Waals surface area contributed by atoms with E-state index >= 15 is 0 Å². The number of hydrogen-bond donors (Lipinski definition) is 0. The van der Waals surface area contributed by atoms with Crippen LogP contribution < -0.4 is 0 Å². The van der Waals surface area contributed by atoms with Crippen molar-refractivity contribution < 1.29 is 134 Å². The average Bonchev–Trinajstić information content (AvgIpc) is 2.99. The molecule has 0 saturated heterocycles. The molecule has 2 aromatic rings. The predicted molar refractivity (Wildman–Crippen MR) is 146 cm³/mol. The van der Waals surface area contributed by atoms with Gasteiger partial charge >= 0.3 is 325 Å². The number of hydrogen-bond acceptors (Lipinski definition) is 0. The van der Waals surface area contributed by atoms with Gasteiger partial charge in [0, 0.05) is 0 Å². The molecule has 37 heavy (non-hydrogen) atoms. The molecule has 0 saturated carbocycles. The molecule has 2 aromatic heterocycles. The summed E-state index contributed by atoms with van der Waals surface area (Å²) in [6.45, 7) is 16.5. The van der Waals surface area contributed by atoms with Crippen LogP contribution in [0.1, 0.15) is 51.5 Å². The standard InChI is InChI=1S/C28H53N6.3Ra.3H/c1-21-25(17-29(5)6)26(18-30(7)8)22(2)32(21)15-14-16-33-23(3)27(19-31(9)10)28(24(33)4)20-34(11,12)13;;;;;;/h14-20H2,1-13H3;;;;;;/q4*+1;;;. The Hall–Kier alpha value is 2.80. The van der Waals surface area contributed by atoms with Gasteiger partial charge in [-0.25, -0.2) is 0 Å². The van der Waals surface area contributed by atoms with Gasteiger partial charge in [0.2, 0.25) is 0 Å². The van der Waals surface area contributed by atoms with Crippen LogP contribution in [0.5, 0.6) is 0 Å². The Balaban J connectivity index is 2.40. The van der Waals surface area contributed by atoms with Crippen LogP contribution in [0, 0.1) is 157 Å². The van der Waals surface area contributed by atoms with Crippen LogP contribution in [0.25, 0.3) is 0 Å². The van der Waals surface area contributed by atoms with E-state index in [9.17, 15) is 0 Å². The van der Waals surface area contributed by atoms with Crippen molar-refractivity contribution >= 4 is 0 Å². The first-order valence-corrected chi connectivity index (χ1v) is 25.1. The summed E-state index contributed by atoms with van der Waals surface area (Å²) in [5, 5.41) is 0. The third-order valence-corrected chi connectivity index (χ3v) is 11.3. The molecular weight excluding hydrogens is 1100 g/mol. The van der Waals surface area contributed by atoms with E-state index in [1.165, 1.54) is 48.9 Å². The second-order valence-corrected chi connectivity index (χ2v) is 45.6. The van der Waals surface area contributed by atoms with Crippen LogP contribution >= 0.6 is 0 Å². The van der Waals surface area contributed by atoms with Crippen molar-refractivity contribution in [3.8, 4) is 0 Å². The van der Waals surface area contributed by atoms with Crippen LogP contribution in [0.4, 0.5) is 0 Å². The quantitative estimate of drug-likeness (QED) is 0.290. The molecule has 0 amide bonds. The molecule has 9 heteroatoms. The normalized spacial score (nSPS) is 13.5.